The zero-order chi connectivity index (χ0) is 24.7. The fourth-order valence-electron chi connectivity index (χ4n) is 4.40. The van der Waals surface area contributed by atoms with Crippen LogP contribution in [0.3, 0.4) is 0 Å². The number of fused-ring (bicyclic) bond motifs is 2. The highest BCUT2D eigenvalue weighted by molar-refractivity contribution is 9.10. The van der Waals surface area contributed by atoms with Gasteiger partial charge in [0.15, 0.2) is 16.9 Å². The second-order valence-electron chi connectivity index (χ2n) is 7.93. The lowest BCUT2D eigenvalue weighted by molar-refractivity contribution is 0.0971. The SMILES string of the molecule is CCOc1ccc(C2c3c(oc4ccc(Br)cc4c3=O)C(=O)N2c2ccc(OC)cc2)cc1OC. The number of carbonyl (C=O) groups excluding carboxylic acids is 1. The quantitative estimate of drug-likeness (QED) is 0.314. The summed E-state index contributed by atoms with van der Waals surface area (Å²) in [6.45, 7) is 2.36. The third-order valence-electron chi connectivity index (χ3n) is 5.99. The molecule has 35 heavy (non-hydrogen) atoms. The van der Waals surface area contributed by atoms with Crippen LogP contribution in [0.4, 0.5) is 5.69 Å². The molecule has 0 saturated heterocycles. The number of halogens is 1. The summed E-state index contributed by atoms with van der Waals surface area (Å²) in [4.78, 5) is 29.1. The number of methoxy groups -OCH3 is 2. The Balaban J connectivity index is 1.77. The highest BCUT2D eigenvalue weighted by Gasteiger charge is 2.44. The fraction of sp³-hybridized carbons (Fsp3) is 0.185. The number of ether oxygens (including phenoxy) is 3. The maximum absolute atomic E-state index is 13.8. The molecule has 1 aliphatic heterocycles. The zero-order valence-corrected chi connectivity index (χ0v) is 20.9. The van der Waals surface area contributed by atoms with Crippen molar-refractivity contribution in [2.24, 2.45) is 0 Å². The van der Waals surface area contributed by atoms with Gasteiger partial charge in [0.2, 0.25) is 5.76 Å². The minimum Gasteiger partial charge on any atom is -0.497 e. The number of hydrogen-bond acceptors (Lipinski definition) is 6. The Morgan fingerprint density at radius 2 is 1.71 bits per heavy atom. The van der Waals surface area contributed by atoms with E-state index in [1.54, 1.807) is 73.7 Å². The molecule has 1 atom stereocenters. The van der Waals surface area contributed by atoms with E-state index in [9.17, 15) is 9.59 Å². The van der Waals surface area contributed by atoms with E-state index in [1.807, 2.05) is 13.0 Å². The second-order valence-corrected chi connectivity index (χ2v) is 8.85. The van der Waals surface area contributed by atoms with Gasteiger partial charge in [-0.2, -0.15) is 0 Å². The molecule has 178 valence electrons. The predicted molar refractivity (Wildman–Crippen MR) is 136 cm³/mol. The smallest absolute Gasteiger partial charge is 0.295 e. The lowest BCUT2D eigenvalue weighted by Crippen LogP contribution is -2.29. The molecular weight excluding hydrogens is 514 g/mol. The average molecular weight is 536 g/mol. The lowest BCUT2D eigenvalue weighted by atomic mass is 9.97. The molecule has 0 spiro atoms. The van der Waals surface area contributed by atoms with Crippen LogP contribution in [0.15, 0.2) is 74.3 Å². The molecule has 5 rings (SSSR count). The van der Waals surface area contributed by atoms with Gasteiger partial charge in [-0.15, -0.1) is 0 Å². The summed E-state index contributed by atoms with van der Waals surface area (Å²) in [7, 11) is 3.13. The van der Waals surface area contributed by atoms with Crippen LogP contribution in [-0.2, 0) is 0 Å². The summed E-state index contributed by atoms with van der Waals surface area (Å²) in [5.41, 5.74) is 1.66. The minimum atomic E-state index is -0.727. The molecule has 0 N–H and O–H groups in total. The number of hydrogen-bond donors (Lipinski definition) is 0. The van der Waals surface area contributed by atoms with Crippen LogP contribution < -0.4 is 24.5 Å². The van der Waals surface area contributed by atoms with E-state index in [1.165, 1.54) is 0 Å². The van der Waals surface area contributed by atoms with Gasteiger partial charge in [-0.25, -0.2) is 0 Å². The molecule has 0 aliphatic carbocycles. The molecule has 1 aliphatic rings. The first-order chi connectivity index (χ1) is 17.0. The number of amides is 1. The molecule has 1 amide bonds. The van der Waals surface area contributed by atoms with Crippen LogP contribution in [0.25, 0.3) is 11.0 Å². The summed E-state index contributed by atoms with van der Waals surface area (Å²) in [5.74, 6) is 1.37. The van der Waals surface area contributed by atoms with Gasteiger partial charge >= 0.3 is 0 Å². The van der Waals surface area contributed by atoms with Crippen molar-refractivity contribution < 1.29 is 23.4 Å². The number of benzene rings is 3. The van der Waals surface area contributed by atoms with E-state index in [-0.39, 0.29) is 16.8 Å². The highest BCUT2D eigenvalue weighted by atomic mass is 79.9. The standard InChI is InChI=1S/C27H22BrNO6/c1-4-34-21-11-5-15(13-22(21)33-3)24-23-25(30)19-14-16(28)6-12-20(19)35-26(23)27(31)29(24)17-7-9-18(32-2)10-8-17/h5-14,24H,4H2,1-3H3. The van der Waals surface area contributed by atoms with Crippen molar-refractivity contribution in [1.82, 2.24) is 0 Å². The molecule has 2 heterocycles. The van der Waals surface area contributed by atoms with Crippen molar-refractivity contribution in [2.75, 3.05) is 25.7 Å². The topological polar surface area (TPSA) is 78.2 Å². The second kappa shape index (κ2) is 9.11. The monoisotopic (exact) mass is 535 g/mol. The van der Waals surface area contributed by atoms with E-state index in [2.05, 4.69) is 15.9 Å². The highest BCUT2D eigenvalue weighted by Crippen LogP contribution is 2.43. The van der Waals surface area contributed by atoms with E-state index in [4.69, 9.17) is 18.6 Å². The van der Waals surface area contributed by atoms with Crippen molar-refractivity contribution in [3.05, 3.63) is 92.2 Å². The third-order valence-corrected chi connectivity index (χ3v) is 6.48. The number of carbonyl (C=O) groups is 1. The average Bonchev–Trinajstić information content (AvgIpc) is 3.17. The first kappa shape index (κ1) is 23.0. The molecule has 0 saturated carbocycles. The van der Waals surface area contributed by atoms with Gasteiger partial charge in [0.05, 0.1) is 37.8 Å². The summed E-state index contributed by atoms with van der Waals surface area (Å²) in [6, 6.07) is 16.9. The predicted octanol–water partition coefficient (Wildman–Crippen LogP) is 5.72. The molecule has 0 radical (unpaired) electrons. The first-order valence-electron chi connectivity index (χ1n) is 11.0. The van der Waals surface area contributed by atoms with Gasteiger partial charge in [0, 0.05) is 10.2 Å². The molecule has 0 bridgehead atoms. The maximum atomic E-state index is 13.8. The van der Waals surface area contributed by atoms with Gasteiger partial charge in [-0.3, -0.25) is 14.5 Å². The van der Waals surface area contributed by atoms with Crippen LogP contribution in [0.2, 0.25) is 0 Å². The Hall–Kier alpha value is -3.78. The number of nitrogens with zero attached hydrogens (tertiary/aromatic N) is 1. The van der Waals surface area contributed by atoms with Crippen molar-refractivity contribution in [3.63, 3.8) is 0 Å². The van der Waals surface area contributed by atoms with Gasteiger partial charge in [0.1, 0.15) is 11.3 Å². The van der Waals surface area contributed by atoms with Gasteiger partial charge < -0.3 is 18.6 Å². The lowest BCUT2D eigenvalue weighted by Gasteiger charge is -2.26. The normalized spacial score (nSPS) is 14.8. The number of anilines is 1. The molecule has 4 aromatic rings. The Labute approximate surface area is 210 Å². The Morgan fingerprint density at radius 1 is 0.943 bits per heavy atom. The van der Waals surface area contributed by atoms with Crippen molar-refractivity contribution in [1.29, 1.82) is 0 Å². The first-order valence-corrected chi connectivity index (χ1v) is 11.8. The maximum Gasteiger partial charge on any atom is 0.295 e. The number of rotatable bonds is 6. The van der Waals surface area contributed by atoms with E-state index in [0.29, 0.717) is 46.1 Å². The van der Waals surface area contributed by atoms with Crippen LogP contribution in [0, 0.1) is 0 Å². The summed E-state index contributed by atoms with van der Waals surface area (Å²) in [5, 5.41) is 0.394. The molecular formula is C27H22BrNO6. The Bertz CT molecular complexity index is 1490. The van der Waals surface area contributed by atoms with Gasteiger partial charge in [-0.05, 0) is 67.1 Å². The van der Waals surface area contributed by atoms with Crippen LogP contribution in [0.1, 0.15) is 34.6 Å². The molecule has 0 fully saturated rings. The van der Waals surface area contributed by atoms with Crippen molar-refractivity contribution in [2.45, 2.75) is 13.0 Å². The van der Waals surface area contributed by atoms with Crippen LogP contribution in [-0.4, -0.2) is 26.7 Å². The molecule has 1 aromatic heterocycles. The van der Waals surface area contributed by atoms with E-state index in [0.717, 1.165) is 4.47 Å². The largest absolute Gasteiger partial charge is 0.497 e. The van der Waals surface area contributed by atoms with E-state index < -0.39 is 11.9 Å². The van der Waals surface area contributed by atoms with Crippen LogP contribution in [0.5, 0.6) is 17.2 Å². The zero-order valence-electron chi connectivity index (χ0n) is 19.3. The van der Waals surface area contributed by atoms with Gasteiger partial charge in [-0.1, -0.05) is 22.0 Å². The van der Waals surface area contributed by atoms with Crippen molar-refractivity contribution >= 4 is 38.5 Å². The Kier molecular flexibility index (Phi) is 5.98. The summed E-state index contributed by atoms with van der Waals surface area (Å²) >= 11 is 3.42. The summed E-state index contributed by atoms with van der Waals surface area (Å²) in [6.07, 6.45) is 0. The van der Waals surface area contributed by atoms with Crippen molar-refractivity contribution in [3.8, 4) is 17.2 Å². The third kappa shape index (κ3) is 3.83. The van der Waals surface area contributed by atoms with E-state index >= 15 is 0 Å². The Morgan fingerprint density at radius 3 is 2.40 bits per heavy atom. The van der Waals surface area contributed by atoms with Crippen LogP contribution >= 0.6 is 15.9 Å². The minimum absolute atomic E-state index is 0.0264. The molecule has 8 heteroatoms. The molecule has 7 nitrogen and oxygen atoms in total. The van der Waals surface area contributed by atoms with Gasteiger partial charge in [0.25, 0.3) is 5.91 Å². The molecule has 1 unspecified atom stereocenters. The molecule has 3 aromatic carbocycles. The fourth-order valence-corrected chi connectivity index (χ4v) is 4.76. The summed E-state index contributed by atoms with van der Waals surface area (Å²) < 4.78 is 23.3.